The van der Waals surface area contributed by atoms with Gasteiger partial charge in [-0.05, 0) is 30.4 Å². The molecule has 1 nitrogen and oxygen atoms in total. The molecule has 88 valence electrons. The highest BCUT2D eigenvalue weighted by Crippen LogP contribution is 2.14. The summed E-state index contributed by atoms with van der Waals surface area (Å²) in [5.41, 5.74) is 3.66. The molecule has 0 amide bonds. The van der Waals surface area contributed by atoms with Crippen LogP contribution in [0.5, 0.6) is 0 Å². The molecular formula is C15H23N. The fourth-order valence-electron chi connectivity index (χ4n) is 1.96. The zero-order valence-corrected chi connectivity index (χ0v) is 10.6. The fourth-order valence-corrected chi connectivity index (χ4v) is 1.96. The van der Waals surface area contributed by atoms with Gasteiger partial charge in [-0.2, -0.15) is 0 Å². The third-order valence-electron chi connectivity index (χ3n) is 2.87. The van der Waals surface area contributed by atoms with Crippen molar-refractivity contribution >= 4 is 5.71 Å². The van der Waals surface area contributed by atoms with E-state index in [0.29, 0.717) is 0 Å². The number of aryl methyl sites for hydroxylation is 1. The van der Waals surface area contributed by atoms with E-state index in [4.69, 9.17) is 5.41 Å². The highest BCUT2D eigenvalue weighted by Gasteiger charge is 2.04. The van der Waals surface area contributed by atoms with Crippen molar-refractivity contribution in [3.8, 4) is 0 Å². The van der Waals surface area contributed by atoms with Gasteiger partial charge < -0.3 is 5.41 Å². The van der Waals surface area contributed by atoms with E-state index >= 15 is 0 Å². The number of unbranched alkanes of at least 4 members (excludes halogenated alkanes) is 1. The van der Waals surface area contributed by atoms with Crippen molar-refractivity contribution in [2.24, 2.45) is 0 Å². The lowest BCUT2D eigenvalue weighted by molar-refractivity contribution is 0.789. The number of hydrogen-bond donors (Lipinski definition) is 1. The Bertz CT molecular complexity index is 328. The minimum Gasteiger partial charge on any atom is -0.309 e. The summed E-state index contributed by atoms with van der Waals surface area (Å²) >= 11 is 0. The maximum atomic E-state index is 7.90. The van der Waals surface area contributed by atoms with Gasteiger partial charge in [-0.15, -0.1) is 0 Å². The van der Waals surface area contributed by atoms with E-state index in [2.05, 4.69) is 38.1 Å². The molecule has 1 aromatic rings. The lowest BCUT2D eigenvalue weighted by Crippen LogP contribution is -2.04. The maximum absolute atomic E-state index is 7.90. The van der Waals surface area contributed by atoms with Crippen LogP contribution in [0.15, 0.2) is 24.3 Å². The Hall–Kier alpha value is -1.11. The van der Waals surface area contributed by atoms with Crippen LogP contribution in [-0.4, -0.2) is 5.71 Å². The van der Waals surface area contributed by atoms with Crippen LogP contribution in [0.1, 0.15) is 50.7 Å². The molecule has 0 bridgehead atoms. The third kappa shape index (κ3) is 4.18. The Balaban J connectivity index is 2.66. The summed E-state index contributed by atoms with van der Waals surface area (Å²) in [7, 11) is 0. The zero-order chi connectivity index (χ0) is 11.8. The van der Waals surface area contributed by atoms with Crippen molar-refractivity contribution < 1.29 is 0 Å². The van der Waals surface area contributed by atoms with Gasteiger partial charge >= 0.3 is 0 Å². The van der Waals surface area contributed by atoms with Crippen molar-refractivity contribution in [3.05, 3.63) is 35.4 Å². The number of benzene rings is 1. The molecule has 0 aromatic heterocycles. The molecule has 0 aliphatic carbocycles. The molecular weight excluding hydrogens is 194 g/mol. The molecule has 1 heteroatoms. The topological polar surface area (TPSA) is 23.9 Å². The van der Waals surface area contributed by atoms with Crippen LogP contribution in [0.2, 0.25) is 0 Å². The van der Waals surface area contributed by atoms with E-state index in [1.807, 2.05) is 0 Å². The summed E-state index contributed by atoms with van der Waals surface area (Å²) in [5.74, 6) is 0. The van der Waals surface area contributed by atoms with Crippen molar-refractivity contribution in [1.82, 2.24) is 0 Å². The number of nitrogens with one attached hydrogen (secondary N) is 1. The minimum absolute atomic E-state index is 0.841. The molecule has 1 N–H and O–H groups in total. The Morgan fingerprint density at radius 3 is 2.38 bits per heavy atom. The van der Waals surface area contributed by atoms with Crippen molar-refractivity contribution in [2.45, 2.75) is 52.4 Å². The summed E-state index contributed by atoms with van der Waals surface area (Å²) in [4.78, 5) is 0. The first-order valence-corrected chi connectivity index (χ1v) is 6.41. The van der Waals surface area contributed by atoms with Crippen molar-refractivity contribution in [1.29, 1.82) is 5.41 Å². The van der Waals surface area contributed by atoms with Gasteiger partial charge in [-0.25, -0.2) is 0 Å². The van der Waals surface area contributed by atoms with Gasteiger partial charge in [0.2, 0.25) is 0 Å². The summed E-state index contributed by atoms with van der Waals surface area (Å²) in [6.07, 6.45) is 6.50. The Morgan fingerprint density at radius 1 is 1.06 bits per heavy atom. The second kappa shape index (κ2) is 7.21. The molecule has 0 saturated heterocycles. The molecule has 16 heavy (non-hydrogen) atoms. The van der Waals surface area contributed by atoms with Crippen LogP contribution >= 0.6 is 0 Å². The first-order valence-electron chi connectivity index (χ1n) is 6.41. The van der Waals surface area contributed by atoms with Gasteiger partial charge in [0, 0.05) is 12.1 Å². The van der Waals surface area contributed by atoms with Crippen LogP contribution in [0.4, 0.5) is 0 Å². The molecule has 0 saturated carbocycles. The van der Waals surface area contributed by atoms with E-state index in [-0.39, 0.29) is 0 Å². The molecule has 0 atom stereocenters. The highest BCUT2D eigenvalue weighted by molar-refractivity contribution is 5.83. The van der Waals surface area contributed by atoms with Crippen molar-refractivity contribution in [3.63, 3.8) is 0 Å². The third-order valence-corrected chi connectivity index (χ3v) is 2.87. The average Bonchev–Trinajstić information content (AvgIpc) is 2.28. The average molecular weight is 217 g/mol. The van der Waals surface area contributed by atoms with Gasteiger partial charge in [0.15, 0.2) is 0 Å². The molecule has 0 unspecified atom stereocenters. The Kier molecular flexibility index (Phi) is 5.84. The lowest BCUT2D eigenvalue weighted by Gasteiger charge is -2.09. The zero-order valence-electron chi connectivity index (χ0n) is 10.6. The SMILES string of the molecule is CCCCc1ccccc1CC(=N)CCC. The normalized spacial score (nSPS) is 10.4. The van der Waals surface area contributed by atoms with Crippen LogP contribution in [0.25, 0.3) is 0 Å². The van der Waals surface area contributed by atoms with Gasteiger partial charge in [-0.1, -0.05) is 51.0 Å². The van der Waals surface area contributed by atoms with Crippen LogP contribution < -0.4 is 0 Å². The van der Waals surface area contributed by atoms with Gasteiger partial charge in [0.05, 0.1) is 0 Å². The quantitative estimate of drug-likeness (QED) is 0.655. The van der Waals surface area contributed by atoms with Crippen molar-refractivity contribution in [2.75, 3.05) is 0 Å². The molecule has 0 aliphatic heterocycles. The van der Waals surface area contributed by atoms with Crippen LogP contribution in [0, 0.1) is 5.41 Å². The maximum Gasteiger partial charge on any atom is 0.0133 e. The summed E-state index contributed by atoms with van der Waals surface area (Å²) in [6, 6.07) is 8.58. The predicted molar refractivity (Wildman–Crippen MR) is 71.4 cm³/mol. The van der Waals surface area contributed by atoms with Crippen LogP contribution in [0.3, 0.4) is 0 Å². The van der Waals surface area contributed by atoms with Gasteiger partial charge in [-0.3, -0.25) is 0 Å². The molecule has 0 radical (unpaired) electrons. The molecule has 0 fully saturated rings. The molecule has 0 aliphatic rings. The summed E-state index contributed by atoms with van der Waals surface area (Å²) in [5, 5.41) is 7.90. The second-order valence-corrected chi connectivity index (χ2v) is 4.40. The Labute approximate surface area is 99.4 Å². The van der Waals surface area contributed by atoms with Gasteiger partial charge in [0.25, 0.3) is 0 Å². The monoisotopic (exact) mass is 217 g/mol. The van der Waals surface area contributed by atoms with Crippen LogP contribution in [-0.2, 0) is 12.8 Å². The summed E-state index contributed by atoms with van der Waals surface area (Å²) < 4.78 is 0. The largest absolute Gasteiger partial charge is 0.309 e. The van der Waals surface area contributed by atoms with E-state index in [1.54, 1.807) is 0 Å². The molecule has 0 heterocycles. The first kappa shape index (κ1) is 13.0. The molecule has 1 aromatic carbocycles. The minimum atomic E-state index is 0.841. The number of rotatable bonds is 7. The van der Waals surface area contributed by atoms with E-state index in [1.165, 1.54) is 24.0 Å². The molecule has 1 rings (SSSR count). The predicted octanol–water partition coefficient (Wildman–Crippen LogP) is 4.39. The lowest BCUT2D eigenvalue weighted by atomic mass is 9.97. The standard InChI is InChI=1S/C15H23N/c1-3-5-9-13-10-6-7-11-14(13)12-15(16)8-4-2/h6-7,10-11,16H,3-5,8-9,12H2,1-2H3. The molecule has 0 spiro atoms. The smallest absolute Gasteiger partial charge is 0.0133 e. The fraction of sp³-hybridized carbons (Fsp3) is 0.533. The highest BCUT2D eigenvalue weighted by atomic mass is 14.4. The van der Waals surface area contributed by atoms with E-state index in [9.17, 15) is 0 Å². The van der Waals surface area contributed by atoms with E-state index < -0.39 is 0 Å². The number of hydrogen-bond acceptors (Lipinski definition) is 1. The first-order chi connectivity index (χ1) is 7.77. The second-order valence-electron chi connectivity index (χ2n) is 4.40. The summed E-state index contributed by atoms with van der Waals surface area (Å²) in [6.45, 7) is 4.36. The Morgan fingerprint density at radius 2 is 1.75 bits per heavy atom. The van der Waals surface area contributed by atoms with Gasteiger partial charge in [0.1, 0.15) is 0 Å². The van der Waals surface area contributed by atoms with E-state index in [0.717, 1.165) is 31.4 Å².